The van der Waals surface area contributed by atoms with E-state index >= 15 is 0 Å². The van der Waals surface area contributed by atoms with Gasteiger partial charge in [0.2, 0.25) is 10.0 Å². The summed E-state index contributed by atoms with van der Waals surface area (Å²) < 4.78 is 28.1. The Morgan fingerprint density at radius 2 is 1.89 bits per heavy atom. The molecule has 0 fully saturated rings. The Balaban J connectivity index is 2.03. The molecule has 2 aromatic rings. The van der Waals surface area contributed by atoms with Crippen LogP contribution in [0.5, 0.6) is 0 Å². The number of nitrogens with zero attached hydrogens (tertiary/aromatic N) is 1. The SMILES string of the molecule is CCNC(=NCc1ccc(S(N)(=O)=O)cc1)NCC(C)(O)c1ccc(C)o1. The van der Waals surface area contributed by atoms with Crippen LogP contribution in [-0.4, -0.2) is 32.6 Å². The van der Waals surface area contributed by atoms with Crippen molar-refractivity contribution in [1.82, 2.24) is 10.6 Å². The highest BCUT2D eigenvalue weighted by Crippen LogP contribution is 2.21. The summed E-state index contributed by atoms with van der Waals surface area (Å²) in [5.41, 5.74) is -0.366. The van der Waals surface area contributed by atoms with E-state index in [-0.39, 0.29) is 11.4 Å². The van der Waals surface area contributed by atoms with E-state index in [2.05, 4.69) is 15.6 Å². The molecule has 0 saturated carbocycles. The average molecular weight is 394 g/mol. The number of hydrogen-bond acceptors (Lipinski definition) is 5. The van der Waals surface area contributed by atoms with Crippen LogP contribution in [0.15, 0.2) is 50.7 Å². The summed E-state index contributed by atoms with van der Waals surface area (Å²) in [6.45, 7) is 6.61. The topological polar surface area (TPSA) is 130 Å². The van der Waals surface area contributed by atoms with E-state index in [4.69, 9.17) is 9.56 Å². The molecule has 0 aliphatic heterocycles. The van der Waals surface area contributed by atoms with Gasteiger partial charge in [-0.05, 0) is 50.6 Å². The van der Waals surface area contributed by atoms with E-state index in [9.17, 15) is 13.5 Å². The second kappa shape index (κ2) is 8.55. The number of furan rings is 1. The first-order valence-electron chi connectivity index (χ1n) is 8.55. The summed E-state index contributed by atoms with van der Waals surface area (Å²) in [7, 11) is -3.71. The summed E-state index contributed by atoms with van der Waals surface area (Å²) >= 11 is 0. The monoisotopic (exact) mass is 394 g/mol. The molecule has 0 bridgehead atoms. The van der Waals surface area contributed by atoms with Gasteiger partial charge in [-0.1, -0.05) is 12.1 Å². The minimum atomic E-state index is -3.71. The Morgan fingerprint density at radius 1 is 1.22 bits per heavy atom. The molecule has 0 spiro atoms. The molecule has 0 amide bonds. The van der Waals surface area contributed by atoms with E-state index in [0.29, 0.717) is 24.8 Å². The average Bonchev–Trinajstić information content (AvgIpc) is 3.04. The van der Waals surface area contributed by atoms with Crippen LogP contribution in [0.25, 0.3) is 0 Å². The largest absolute Gasteiger partial charge is 0.463 e. The van der Waals surface area contributed by atoms with Crippen LogP contribution in [0.1, 0.15) is 30.9 Å². The number of aliphatic imine (C=N–C) groups is 1. The highest BCUT2D eigenvalue weighted by atomic mass is 32.2. The van der Waals surface area contributed by atoms with Crippen LogP contribution in [0.2, 0.25) is 0 Å². The minimum absolute atomic E-state index is 0.0602. The van der Waals surface area contributed by atoms with Crippen molar-refractivity contribution < 1.29 is 17.9 Å². The number of benzene rings is 1. The summed E-state index contributed by atoms with van der Waals surface area (Å²) in [6, 6.07) is 9.76. The molecule has 0 radical (unpaired) electrons. The van der Waals surface area contributed by atoms with Crippen molar-refractivity contribution >= 4 is 16.0 Å². The van der Waals surface area contributed by atoms with Gasteiger partial charge >= 0.3 is 0 Å². The van der Waals surface area contributed by atoms with Crippen LogP contribution < -0.4 is 15.8 Å². The van der Waals surface area contributed by atoms with Gasteiger partial charge in [-0.2, -0.15) is 0 Å². The lowest BCUT2D eigenvalue weighted by Gasteiger charge is -2.22. The zero-order valence-corrected chi connectivity index (χ0v) is 16.5. The van der Waals surface area contributed by atoms with E-state index < -0.39 is 15.6 Å². The molecule has 0 saturated heterocycles. The Bertz CT molecular complexity index is 886. The predicted octanol–water partition coefficient (Wildman–Crippen LogP) is 1.20. The number of guanidine groups is 1. The summed E-state index contributed by atoms with van der Waals surface area (Å²) in [4.78, 5) is 4.51. The molecule has 27 heavy (non-hydrogen) atoms. The molecule has 1 heterocycles. The van der Waals surface area contributed by atoms with E-state index in [1.807, 2.05) is 13.8 Å². The van der Waals surface area contributed by atoms with Gasteiger partial charge in [-0.25, -0.2) is 18.5 Å². The van der Waals surface area contributed by atoms with Crippen molar-refractivity contribution in [1.29, 1.82) is 0 Å². The minimum Gasteiger partial charge on any atom is -0.463 e. The van der Waals surface area contributed by atoms with Gasteiger partial charge in [0, 0.05) is 6.54 Å². The lowest BCUT2D eigenvalue weighted by Crippen LogP contribution is -2.44. The molecule has 0 aliphatic rings. The van der Waals surface area contributed by atoms with E-state index in [1.54, 1.807) is 31.2 Å². The molecule has 1 unspecified atom stereocenters. The van der Waals surface area contributed by atoms with Crippen LogP contribution in [-0.2, 0) is 22.2 Å². The Morgan fingerprint density at radius 3 is 2.41 bits per heavy atom. The fourth-order valence-electron chi connectivity index (χ4n) is 2.36. The van der Waals surface area contributed by atoms with Crippen LogP contribution in [0.4, 0.5) is 0 Å². The second-order valence-corrected chi connectivity index (χ2v) is 7.98. The molecule has 1 aromatic heterocycles. The van der Waals surface area contributed by atoms with Gasteiger partial charge in [0.1, 0.15) is 17.1 Å². The smallest absolute Gasteiger partial charge is 0.238 e. The molecule has 1 atom stereocenters. The molecular formula is C18H26N4O4S. The van der Waals surface area contributed by atoms with Gasteiger partial charge in [0.05, 0.1) is 18.0 Å². The highest BCUT2D eigenvalue weighted by Gasteiger charge is 2.27. The molecule has 5 N–H and O–H groups in total. The van der Waals surface area contributed by atoms with Crippen molar-refractivity contribution in [3.05, 3.63) is 53.5 Å². The molecule has 2 rings (SSSR count). The number of sulfonamides is 1. The predicted molar refractivity (Wildman–Crippen MR) is 104 cm³/mol. The summed E-state index contributed by atoms with van der Waals surface area (Å²) in [5, 5.41) is 21.9. The number of rotatable bonds is 7. The number of aryl methyl sites for hydroxylation is 1. The molecular weight excluding hydrogens is 368 g/mol. The molecule has 148 valence electrons. The third-order valence-corrected chi connectivity index (χ3v) is 4.82. The van der Waals surface area contributed by atoms with Crippen LogP contribution in [0, 0.1) is 6.92 Å². The first-order chi connectivity index (χ1) is 12.6. The van der Waals surface area contributed by atoms with Crippen molar-refractivity contribution in [3.63, 3.8) is 0 Å². The third-order valence-electron chi connectivity index (χ3n) is 3.89. The first-order valence-corrected chi connectivity index (χ1v) is 10.1. The zero-order chi connectivity index (χ0) is 20.1. The highest BCUT2D eigenvalue weighted by molar-refractivity contribution is 7.89. The Labute approximate surface area is 159 Å². The van der Waals surface area contributed by atoms with Gasteiger partial charge in [-0.15, -0.1) is 0 Å². The number of aliphatic hydroxyl groups is 1. The van der Waals surface area contributed by atoms with Crippen LogP contribution in [0.3, 0.4) is 0 Å². The maximum Gasteiger partial charge on any atom is 0.238 e. The van der Waals surface area contributed by atoms with Gasteiger partial charge in [0.15, 0.2) is 5.96 Å². The lowest BCUT2D eigenvalue weighted by molar-refractivity contribution is 0.0378. The molecule has 1 aromatic carbocycles. The van der Waals surface area contributed by atoms with E-state index in [1.165, 1.54) is 12.1 Å². The zero-order valence-electron chi connectivity index (χ0n) is 15.7. The first kappa shape index (κ1) is 20.9. The maximum atomic E-state index is 11.3. The lowest BCUT2D eigenvalue weighted by atomic mass is 10.0. The maximum absolute atomic E-state index is 11.3. The number of hydrogen-bond donors (Lipinski definition) is 4. The fraction of sp³-hybridized carbons (Fsp3) is 0.389. The number of nitrogens with two attached hydrogens (primary N) is 1. The third kappa shape index (κ3) is 6.09. The van der Waals surface area contributed by atoms with Crippen molar-refractivity contribution in [2.45, 2.75) is 37.8 Å². The summed E-state index contributed by atoms with van der Waals surface area (Å²) in [5.74, 6) is 1.73. The van der Waals surface area contributed by atoms with Gasteiger partial charge in [-0.3, -0.25) is 0 Å². The number of nitrogens with one attached hydrogen (secondary N) is 2. The van der Waals surface area contributed by atoms with Crippen molar-refractivity contribution in [2.24, 2.45) is 10.1 Å². The van der Waals surface area contributed by atoms with Gasteiger partial charge < -0.3 is 20.2 Å². The molecule has 8 nitrogen and oxygen atoms in total. The Kier molecular flexibility index (Phi) is 6.63. The second-order valence-electron chi connectivity index (χ2n) is 6.42. The number of primary sulfonamides is 1. The summed E-state index contributed by atoms with van der Waals surface area (Å²) in [6.07, 6.45) is 0. The van der Waals surface area contributed by atoms with Crippen molar-refractivity contribution in [2.75, 3.05) is 13.1 Å². The fourth-order valence-corrected chi connectivity index (χ4v) is 2.88. The van der Waals surface area contributed by atoms with Gasteiger partial charge in [0.25, 0.3) is 0 Å². The molecule has 0 aliphatic carbocycles. The Hall–Kier alpha value is -2.36. The quantitative estimate of drug-likeness (QED) is 0.412. The normalized spacial score (nSPS) is 14.6. The standard InChI is InChI=1S/C18H26N4O4S/c1-4-20-17(22-12-18(3,23)16-10-5-13(2)26-16)21-11-14-6-8-15(9-7-14)27(19,24)25/h5-10,23H,4,11-12H2,1-3H3,(H2,19,24,25)(H2,20,21,22). The van der Waals surface area contributed by atoms with Crippen LogP contribution >= 0.6 is 0 Å². The molecule has 9 heteroatoms. The van der Waals surface area contributed by atoms with Crippen molar-refractivity contribution in [3.8, 4) is 0 Å². The van der Waals surface area contributed by atoms with E-state index in [0.717, 1.165) is 11.3 Å².